The standard InChI is InChI=1S/C27H30N6O/c1-28-26(18-20-6-5-7-21(14-20)19-32-12-3-2-4-13-32)25-17-22-15-23(31-27(25)34)8-9-24(16-22)33-29-10-11-30-33/h5-11,14,16-18,28H,2-4,12-13,15,19H2,1H3,(H,31,34)/b26-18-. The number of likely N-dealkylation sites (tertiary alicyclic amines) is 1. The summed E-state index contributed by atoms with van der Waals surface area (Å²) in [7, 11) is 1.85. The lowest BCUT2D eigenvalue weighted by atomic mass is 10.0. The molecule has 34 heavy (non-hydrogen) atoms. The van der Waals surface area contributed by atoms with E-state index in [1.54, 1.807) is 17.2 Å². The molecule has 7 nitrogen and oxygen atoms in total. The van der Waals surface area contributed by atoms with Gasteiger partial charge in [-0.05, 0) is 73.0 Å². The Labute approximate surface area is 200 Å². The van der Waals surface area contributed by atoms with E-state index in [-0.39, 0.29) is 5.91 Å². The summed E-state index contributed by atoms with van der Waals surface area (Å²) in [6, 6.07) is 8.58. The van der Waals surface area contributed by atoms with Gasteiger partial charge in [-0.1, -0.05) is 30.7 Å². The SMILES string of the molecule is CN/C(=C\c1cccc(CN2CCCCC2)c1)C1=CC2=CC(n3nccn3)=CC=C(C2)NC1=O. The summed E-state index contributed by atoms with van der Waals surface area (Å²) in [6.07, 6.45) is 17.7. The lowest BCUT2D eigenvalue weighted by Gasteiger charge is -2.26. The first-order chi connectivity index (χ1) is 16.7. The van der Waals surface area contributed by atoms with Crippen molar-refractivity contribution in [2.75, 3.05) is 20.1 Å². The molecule has 2 aliphatic heterocycles. The van der Waals surface area contributed by atoms with Crippen molar-refractivity contribution in [3.63, 3.8) is 0 Å². The van der Waals surface area contributed by atoms with E-state index in [1.165, 1.54) is 37.9 Å². The minimum atomic E-state index is -0.117. The molecule has 0 saturated carbocycles. The second kappa shape index (κ2) is 10.1. The molecule has 3 aliphatic rings. The zero-order chi connectivity index (χ0) is 23.3. The maximum absolute atomic E-state index is 13.1. The molecular weight excluding hydrogens is 424 g/mol. The lowest BCUT2D eigenvalue weighted by Crippen LogP contribution is -2.29. The van der Waals surface area contributed by atoms with Gasteiger partial charge in [0.25, 0.3) is 5.91 Å². The Morgan fingerprint density at radius 1 is 1.12 bits per heavy atom. The van der Waals surface area contributed by atoms with Gasteiger partial charge in [0.05, 0.1) is 23.7 Å². The smallest absolute Gasteiger partial charge is 0.257 e. The largest absolute Gasteiger partial charge is 0.387 e. The average Bonchev–Trinajstić information content (AvgIpc) is 3.25. The molecule has 3 heterocycles. The van der Waals surface area contributed by atoms with E-state index >= 15 is 0 Å². The molecule has 0 spiro atoms. The molecule has 174 valence electrons. The topological polar surface area (TPSA) is 75.1 Å². The highest BCUT2D eigenvalue weighted by Crippen LogP contribution is 2.26. The van der Waals surface area contributed by atoms with E-state index in [9.17, 15) is 4.79 Å². The van der Waals surface area contributed by atoms with Gasteiger partial charge >= 0.3 is 0 Å². The van der Waals surface area contributed by atoms with Gasteiger partial charge in [0.1, 0.15) is 0 Å². The van der Waals surface area contributed by atoms with Crippen LogP contribution >= 0.6 is 0 Å². The van der Waals surface area contributed by atoms with Crippen LogP contribution in [0.25, 0.3) is 11.8 Å². The van der Waals surface area contributed by atoms with Crippen molar-refractivity contribution in [2.45, 2.75) is 32.2 Å². The monoisotopic (exact) mass is 454 g/mol. The fourth-order valence-corrected chi connectivity index (χ4v) is 4.68. The van der Waals surface area contributed by atoms with Gasteiger partial charge in [-0.3, -0.25) is 9.69 Å². The van der Waals surface area contributed by atoms with E-state index in [4.69, 9.17) is 0 Å². The Morgan fingerprint density at radius 3 is 2.74 bits per heavy atom. The van der Waals surface area contributed by atoms with Crippen molar-refractivity contribution >= 4 is 17.7 Å². The highest BCUT2D eigenvalue weighted by Gasteiger charge is 2.21. The first kappa shape index (κ1) is 22.1. The van der Waals surface area contributed by atoms with Crippen LogP contribution in [0.15, 0.2) is 83.5 Å². The van der Waals surface area contributed by atoms with E-state index < -0.39 is 0 Å². The maximum Gasteiger partial charge on any atom is 0.257 e. The summed E-state index contributed by atoms with van der Waals surface area (Å²) in [4.78, 5) is 17.2. The molecule has 0 unspecified atom stereocenters. The lowest BCUT2D eigenvalue weighted by molar-refractivity contribution is -0.116. The van der Waals surface area contributed by atoms with Crippen molar-refractivity contribution in [1.82, 2.24) is 30.5 Å². The van der Waals surface area contributed by atoms with Crippen molar-refractivity contribution in [2.24, 2.45) is 0 Å². The van der Waals surface area contributed by atoms with Crippen LogP contribution in [-0.2, 0) is 11.3 Å². The van der Waals surface area contributed by atoms with Crippen LogP contribution in [0.2, 0.25) is 0 Å². The predicted octanol–water partition coefficient (Wildman–Crippen LogP) is 3.64. The molecule has 1 amide bonds. The number of piperidine rings is 1. The van der Waals surface area contributed by atoms with Gasteiger partial charge in [0, 0.05) is 31.4 Å². The summed E-state index contributed by atoms with van der Waals surface area (Å²) >= 11 is 0. The van der Waals surface area contributed by atoms with E-state index in [2.05, 4.69) is 56.1 Å². The summed E-state index contributed by atoms with van der Waals surface area (Å²) in [6.45, 7) is 3.31. The molecule has 2 aromatic rings. The number of hydrogen-bond donors (Lipinski definition) is 2. The molecule has 5 rings (SSSR count). The number of amides is 1. The number of nitrogens with zero attached hydrogens (tertiary/aromatic N) is 4. The second-order valence-corrected chi connectivity index (χ2v) is 8.90. The third-order valence-corrected chi connectivity index (χ3v) is 6.36. The molecule has 1 aromatic heterocycles. The number of nitrogens with one attached hydrogen (secondary N) is 2. The van der Waals surface area contributed by atoms with Crippen molar-refractivity contribution in [3.05, 3.63) is 94.6 Å². The number of rotatable bonds is 6. The van der Waals surface area contributed by atoms with Crippen molar-refractivity contribution < 1.29 is 4.79 Å². The Kier molecular flexibility index (Phi) is 6.53. The minimum Gasteiger partial charge on any atom is -0.387 e. The first-order valence-electron chi connectivity index (χ1n) is 11.9. The first-order valence-corrected chi connectivity index (χ1v) is 11.9. The fourth-order valence-electron chi connectivity index (χ4n) is 4.68. The normalized spacial score (nSPS) is 19.2. The second-order valence-electron chi connectivity index (χ2n) is 8.90. The summed E-state index contributed by atoms with van der Waals surface area (Å²) in [5.41, 5.74) is 6.47. The van der Waals surface area contributed by atoms with E-state index in [0.717, 1.165) is 34.8 Å². The van der Waals surface area contributed by atoms with Gasteiger partial charge in [-0.15, -0.1) is 0 Å². The van der Waals surface area contributed by atoms with Crippen LogP contribution in [0, 0.1) is 0 Å². The molecule has 0 atom stereocenters. The van der Waals surface area contributed by atoms with Gasteiger partial charge in [-0.2, -0.15) is 15.0 Å². The van der Waals surface area contributed by atoms with Crippen LogP contribution in [0.1, 0.15) is 36.8 Å². The summed E-state index contributed by atoms with van der Waals surface area (Å²) < 4.78 is 0. The Morgan fingerprint density at radius 2 is 1.94 bits per heavy atom. The van der Waals surface area contributed by atoms with Gasteiger partial charge in [0.2, 0.25) is 0 Å². The van der Waals surface area contributed by atoms with E-state index in [0.29, 0.717) is 12.0 Å². The Hall–Kier alpha value is -3.71. The van der Waals surface area contributed by atoms with Crippen molar-refractivity contribution in [3.8, 4) is 0 Å². The highest BCUT2D eigenvalue weighted by atomic mass is 16.1. The van der Waals surface area contributed by atoms with Gasteiger partial charge < -0.3 is 10.6 Å². The molecule has 2 N–H and O–H groups in total. The molecular formula is C27H30N6O. The molecule has 0 radical (unpaired) electrons. The quantitative estimate of drug-likeness (QED) is 0.697. The van der Waals surface area contributed by atoms with E-state index in [1.807, 2.05) is 31.4 Å². The number of carbonyl (C=O) groups excluding carboxylic acids is 1. The number of hydrogen-bond acceptors (Lipinski definition) is 5. The predicted molar refractivity (Wildman–Crippen MR) is 134 cm³/mol. The van der Waals surface area contributed by atoms with Crippen LogP contribution in [0.4, 0.5) is 0 Å². The average molecular weight is 455 g/mol. The zero-order valence-electron chi connectivity index (χ0n) is 19.5. The van der Waals surface area contributed by atoms with Crippen LogP contribution < -0.4 is 10.6 Å². The number of fused-ring (bicyclic) bond motifs is 2. The zero-order valence-corrected chi connectivity index (χ0v) is 19.5. The molecule has 7 heteroatoms. The van der Waals surface area contributed by atoms with Gasteiger partial charge in [-0.25, -0.2) is 0 Å². The summed E-state index contributed by atoms with van der Waals surface area (Å²) in [5.74, 6) is -0.117. The molecule has 2 bridgehead atoms. The summed E-state index contributed by atoms with van der Waals surface area (Å²) in [5, 5.41) is 14.8. The molecule has 1 fully saturated rings. The van der Waals surface area contributed by atoms with Crippen LogP contribution in [0.3, 0.4) is 0 Å². The Balaban J connectivity index is 1.44. The van der Waals surface area contributed by atoms with Crippen molar-refractivity contribution in [1.29, 1.82) is 0 Å². The number of likely N-dealkylation sites (N-methyl/N-ethyl adjacent to an activating group) is 1. The Bertz CT molecular complexity index is 1210. The maximum atomic E-state index is 13.1. The molecule has 1 aliphatic carbocycles. The number of allylic oxidation sites excluding steroid dienone is 6. The van der Waals surface area contributed by atoms with Gasteiger partial charge in [0.15, 0.2) is 0 Å². The molecule has 1 aromatic carbocycles. The van der Waals surface area contributed by atoms with Crippen LogP contribution in [-0.4, -0.2) is 45.9 Å². The third kappa shape index (κ3) is 5.10. The number of aromatic nitrogens is 3. The third-order valence-electron chi connectivity index (χ3n) is 6.36. The highest BCUT2D eigenvalue weighted by molar-refractivity contribution is 6.01. The minimum absolute atomic E-state index is 0.117. The fraction of sp³-hybridized carbons (Fsp3) is 0.296. The number of benzene rings is 1. The molecule has 1 saturated heterocycles. The van der Waals surface area contributed by atoms with Crippen LogP contribution in [0.5, 0.6) is 0 Å². The number of carbonyl (C=O) groups is 1.